The number of pyridine rings is 1. The van der Waals surface area contributed by atoms with Crippen molar-refractivity contribution in [3.8, 4) is 11.1 Å². The number of benzene rings is 1. The van der Waals surface area contributed by atoms with Crippen LogP contribution in [0.1, 0.15) is 0 Å². The molecule has 3 nitrogen and oxygen atoms in total. The Bertz CT molecular complexity index is 596. The molecule has 0 saturated carbocycles. The molecule has 0 aliphatic carbocycles. The van der Waals surface area contributed by atoms with Gasteiger partial charge in [0.05, 0.1) is 4.90 Å². The summed E-state index contributed by atoms with van der Waals surface area (Å²) in [6.45, 7) is 0. The monoisotopic (exact) mass is 253 g/mol. The van der Waals surface area contributed by atoms with Crippen LogP contribution in [-0.2, 0) is 9.05 Å². The topological polar surface area (TPSA) is 47.0 Å². The maximum absolute atomic E-state index is 11.4. The Kier molecular flexibility index (Phi) is 2.94. The summed E-state index contributed by atoms with van der Waals surface area (Å²) in [5.74, 6) is 0. The molecule has 0 fully saturated rings. The van der Waals surface area contributed by atoms with Gasteiger partial charge in [0.15, 0.2) is 0 Å². The lowest BCUT2D eigenvalue weighted by molar-refractivity contribution is 0.610. The second kappa shape index (κ2) is 4.23. The largest absolute Gasteiger partial charge is 0.265 e. The van der Waals surface area contributed by atoms with Gasteiger partial charge in [-0.2, -0.15) is 0 Å². The number of hydrogen-bond acceptors (Lipinski definition) is 3. The van der Waals surface area contributed by atoms with E-state index in [1.165, 1.54) is 6.07 Å². The molecule has 1 aromatic heterocycles. The van der Waals surface area contributed by atoms with Crippen molar-refractivity contribution in [2.45, 2.75) is 4.90 Å². The van der Waals surface area contributed by atoms with Crippen molar-refractivity contribution in [1.82, 2.24) is 4.98 Å². The minimum absolute atomic E-state index is 0.114. The molecule has 16 heavy (non-hydrogen) atoms. The first kappa shape index (κ1) is 11.1. The normalized spacial score (nSPS) is 11.3. The fourth-order valence-corrected chi connectivity index (χ4v) is 2.54. The van der Waals surface area contributed by atoms with Crippen molar-refractivity contribution < 1.29 is 8.42 Å². The van der Waals surface area contributed by atoms with E-state index in [-0.39, 0.29) is 4.90 Å². The first-order chi connectivity index (χ1) is 7.59. The minimum atomic E-state index is -3.73. The lowest BCUT2D eigenvalue weighted by Gasteiger charge is -2.05. The molecule has 1 aromatic carbocycles. The molecule has 0 aliphatic rings. The van der Waals surface area contributed by atoms with E-state index < -0.39 is 9.05 Å². The summed E-state index contributed by atoms with van der Waals surface area (Å²) < 4.78 is 22.8. The molecule has 2 aromatic rings. The maximum atomic E-state index is 11.4. The molecule has 0 amide bonds. The summed E-state index contributed by atoms with van der Waals surface area (Å²) in [6, 6.07) is 10.1. The molecule has 1 heterocycles. The van der Waals surface area contributed by atoms with E-state index in [2.05, 4.69) is 4.98 Å². The molecule has 0 bridgehead atoms. The molecule has 0 saturated heterocycles. The van der Waals surface area contributed by atoms with E-state index in [9.17, 15) is 8.42 Å². The van der Waals surface area contributed by atoms with Gasteiger partial charge in [-0.15, -0.1) is 0 Å². The third-order valence-electron chi connectivity index (χ3n) is 2.14. The minimum Gasteiger partial charge on any atom is -0.265 e. The maximum Gasteiger partial charge on any atom is 0.261 e. The highest BCUT2D eigenvalue weighted by Crippen LogP contribution is 2.28. The second-order valence-electron chi connectivity index (χ2n) is 3.17. The Morgan fingerprint density at radius 2 is 1.62 bits per heavy atom. The quantitative estimate of drug-likeness (QED) is 0.773. The van der Waals surface area contributed by atoms with E-state index in [0.717, 1.165) is 5.56 Å². The van der Waals surface area contributed by atoms with Crippen molar-refractivity contribution in [1.29, 1.82) is 0 Å². The van der Waals surface area contributed by atoms with Crippen molar-refractivity contribution in [3.63, 3.8) is 0 Å². The fourth-order valence-electron chi connectivity index (χ4n) is 1.45. The molecule has 82 valence electrons. The van der Waals surface area contributed by atoms with Crippen LogP contribution >= 0.6 is 10.7 Å². The van der Waals surface area contributed by atoms with Crippen LogP contribution in [0.25, 0.3) is 11.1 Å². The van der Waals surface area contributed by atoms with Crippen LogP contribution < -0.4 is 0 Å². The van der Waals surface area contributed by atoms with Gasteiger partial charge in [0.1, 0.15) is 0 Å². The number of nitrogens with zero attached hydrogens (tertiary/aromatic N) is 1. The van der Waals surface area contributed by atoms with Crippen LogP contribution in [0.3, 0.4) is 0 Å². The highest BCUT2D eigenvalue weighted by Gasteiger charge is 2.15. The molecule has 2 rings (SSSR count). The van der Waals surface area contributed by atoms with Crippen LogP contribution in [0, 0.1) is 0 Å². The zero-order valence-corrected chi connectivity index (χ0v) is 9.74. The Hall–Kier alpha value is -1.39. The summed E-state index contributed by atoms with van der Waals surface area (Å²) in [5, 5.41) is 0. The summed E-state index contributed by atoms with van der Waals surface area (Å²) in [7, 11) is 1.64. The average molecular weight is 254 g/mol. The summed E-state index contributed by atoms with van der Waals surface area (Å²) in [4.78, 5) is 3.99. The summed E-state index contributed by atoms with van der Waals surface area (Å²) in [5.41, 5.74) is 1.36. The van der Waals surface area contributed by atoms with Gasteiger partial charge in [-0.05, 0) is 23.8 Å². The highest BCUT2D eigenvalue weighted by molar-refractivity contribution is 8.13. The Balaban J connectivity index is 2.68. The van der Waals surface area contributed by atoms with Crippen molar-refractivity contribution >= 4 is 19.7 Å². The molecule has 0 spiro atoms. The van der Waals surface area contributed by atoms with E-state index in [1.807, 2.05) is 0 Å². The Morgan fingerprint density at radius 3 is 2.25 bits per heavy atom. The predicted octanol–water partition coefficient (Wildman–Crippen LogP) is 2.68. The van der Waals surface area contributed by atoms with Gasteiger partial charge in [0.2, 0.25) is 0 Å². The standard InChI is InChI=1S/C11H8ClNO2S/c12-16(14,15)11-4-2-1-3-10(11)9-5-7-13-8-6-9/h1-8H. The highest BCUT2D eigenvalue weighted by atomic mass is 35.7. The lowest BCUT2D eigenvalue weighted by atomic mass is 10.1. The lowest BCUT2D eigenvalue weighted by Crippen LogP contribution is -1.94. The Labute approximate surface area is 98.1 Å². The van der Waals surface area contributed by atoms with Gasteiger partial charge in [-0.25, -0.2) is 8.42 Å². The van der Waals surface area contributed by atoms with Crippen LogP contribution in [-0.4, -0.2) is 13.4 Å². The second-order valence-corrected chi connectivity index (χ2v) is 5.70. The molecule has 0 atom stereocenters. The summed E-state index contributed by atoms with van der Waals surface area (Å²) in [6.07, 6.45) is 3.21. The van der Waals surface area contributed by atoms with Gasteiger partial charge in [0, 0.05) is 28.6 Å². The first-order valence-electron chi connectivity index (χ1n) is 4.53. The van der Waals surface area contributed by atoms with Gasteiger partial charge in [-0.3, -0.25) is 4.98 Å². The van der Waals surface area contributed by atoms with Crippen LogP contribution in [0.4, 0.5) is 0 Å². The molecular formula is C11H8ClNO2S. The van der Waals surface area contributed by atoms with Crippen LogP contribution in [0.5, 0.6) is 0 Å². The number of hydrogen-bond donors (Lipinski definition) is 0. The number of aromatic nitrogens is 1. The van der Waals surface area contributed by atoms with Crippen molar-refractivity contribution in [2.75, 3.05) is 0 Å². The predicted molar refractivity (Wildman–Crippen MR) is 62.7 cm³/mol. The van der Waals surface area contributed by atoms with Crippen LogP contribution in [0.2, 0.25) is 0 Å². The van der Waals surface area contributed by atoms with E-state index in [1.54, 1.807) is 42.7 Å². The van der Waals surface area contributed by atoms with Gasteiger partial charge >= 0.3 is 0 Å². The molecule has 0 N–H and O–H groups in total. The fraction of sp³-hybridized carbons (Fsp3) is 0. The molecule has 5 heteroatoms. The van der Waals surface area contributed by atoms with Gasteiger partial charge < -0.3 is 0 Å². The van der Waals surface area contributed by atoms with Gasteiger partial charge in [-0.1, -0.05) is 18.2 Å². The summed E-state index contributed by atoms with van der Waals surface area (Å²) >= 11 is 0. The van der Waals surface area contributed by atoms with E-state index in [4.69, 9.17) is 10.7 Å². The Morgan fingerprint density at radius 1 is 1.00 bits per heavy atom. The third kappa shape index (κ3) is 2.23. The zero-order valence-electron chi connectivity index (χ0n) is 8.17. The van der Waals surface area contributed by atoms with Crippen molar-refractivity contribution in [3.05, 3.63) is 48.8 Å². The zero-order chi connectivity index (χ0) is 11.6. The van der Waals surface area contributed by atoms with Crippen molar-refractivity contribution in [2.24, 2.45) is 0 Å². The average Bonchev–Trinajstić information content (AvgIpc) is 2.29. The van der Waals surface area contributed by atoms with Crippen LogP contribution in [0.15, 0.2) is 53.7 Å². The SMILES string of the molecule is O=S(=O)(Cl)c1ccccc1-c1ccncc1. The molecule has 0 unspecified atom stereocenters. The van der Waals surface area contributed by atoms with E-state index in [0.29, 0.717) is 5.56 Å². The first-order valence-corrected chi connectivity index (χ1v) is 6.84. The number of halogens is 1. The number of rotatable bonds is 2. The van der Waals surface area contributed by atoms with Gasteiger partial charge in [0.25, 0.3) is 9.05 Å². The molecule has 0 radical (unpaired) electrons. The third-order valence-corrected chi connectivity index (χ3v) is 3.52. The molecule has 0 aliphatic heterocycles. The molecular weight excluding hydrogens is 246 g/mol. The smallest absolute Gasteiger partial charge is 0.261 e. The van der Waals surface area contributed by atoms with E-state index >= 15 is 0 Å².